The first-order valence-corrected chi connectivity index (χ1v) is 9.15. The molecule has 0 bridgehead atoms. The zero-order valence-corrected chi connectivity index (χ0v) is 14.3. The summed E-state index contributed by atoms with van der Waals surface area (Å²) in [7, 11) is 0. The van der Waals surface area contributed by atoms with Crippen LogP contribution in [0.1, 0.15) is 65.2 Å². The summed E-state index contributed by atoms with van der Waals surface area (Å²) in [6.07, 6.45) is 2.04. The Hall–Kier alpha value is -0.710. The number of halogens is 2. The Kier molecular flexibility index (Phi) is 7.25. The molecule has 2 unspecified atom stereocenters. The van der Waals surface area contributed by atoms with E-state index >= 15 is 0 Å². The van der Waals surface area contributed by atoms with Crippen molar-refractivity contribution in [2.45, 2.75) is 89.8 Å². The molecule has 0 amide bonds. The Morgan fingerprint density at radius 3 is 2.13 bits per heavy atom. The lowest BCUT2D eigenvalue weighted by atomic mass is 9.81. The first-order chi connectivity index (χ1) is 11.0. The van der Waals surface area contributed by atoms with E-state index in [-0.39, 0.29) is 30.8 Å². The van der Waals surface area contributed by atoms with Crippen LogP contribution in [0, 0.1) is 11.8 Å². The molecule has 0 aromatic rings. The van der Waals surface area contributed by atoms with Gasteiger partial charge in [0.05, 0.1) is 12.0 Å². The highest BCUT2D eigenvalue weighted by molar-refractivity contribution is 5.72. The number of carbonyl (C=O) groups excluding carboxylic acids is 1. The molecule has 3 nitrogen and oxygen atoms in total. The molecule has 2 aliphatic carbocycles. The Labute approximate surface area is 138 Å². The highest BCUT2D eigenvalue weighted by Crippen LogP contribution is 2.35. The molecule has 0 aliphatic heterocycles. The minimum atomic E-state index is -1.20. The molecule has 2 atom stereocenters. The second-order valence-electron chi connectivity index (χ2n) is 6.94. The number of ether oxygens (including phenoxy) is 2. The fourth-order valence-corrected chi connectivity index (χ4v) is 3.93. The second-order valence-corrected chi connectivity index (χ2v) is 6.94. The normalized spacial score (nSPS) is 38.3. The summed E-state index contributed by atoms with van der Waals surface area (Å²) < 4.78 is 39.2. The van der Waals surface area contributed by atoms with E-state index in [0.29, 0.717) is 13.0 Å². The molecule has 0 N–H and O–H groups in total. The van der Waals surface area contributed by atoms with Gasteiger partial charge in [-0.05, 0) is 39.0 Å². The Morgan fingerprint density at radius 1 is 1.00 bits per heavy atom. The average Bonchev–Trinajstić information content (AvgIpc) is 2.52. The molecule has 0 heterocycles. The lowest BCUT2D eigenvalue weighted by Crippen LogP contribution is -2.41. The number of rotatable bonds is 6. The average molecular weight is 332 g/mol. The summed E-state index contributed by atoms with van der Waals surface area (Å²) in [6.45, 7) is 4.59. The van der Waals surface area contributed by atoms with E-state index in [9.17, 15) is 13.6 Å². The second kappa shape index (κ2) is 8.95. The summed E-state index contributed by atoms with van der Waals surface area (Å²) in [4.78, 5) is 12.2. The molecule has 0 saturated heterocycles. The first kappa shape index (κ1) is 18.6. The number of carbonyl (C=O) groups is 1. The van der Waals surface area contributed by atoms with Crippen LogP contribution < -0.4 is 0 Å². The summed E-state index contributed by atoms with van der Waals surface area (Å²) in [5.41, 5.74) is 0. The van der Waals surface area contributed by atoms with Crippen LogP contribution in [0.3, 0.4) is 0 Å². The van der Waals surface area contributed by atoms with Crippen molar-refractivity contribution in [1.82, 2.24) is 0 Å². The van der Waals surface area contributed by atoms with Gasteiger partial charge < -0.3 is 9.47 Å². The van der Waals surface area contributed by atoms with Crippen LogP contribution in [0.15, 0.2) is 0 Å². The van der Waals surface area contributed by atoms with Gasteiger partial charge in [-0.25, -0.2) is 8.78 Å². The molecule has 2 saturated carbocycles. The van der Waals surface area contributed by atoms with Gasteiger partial charge in [-0.15, -0.1) is 0 Å². The SMILES string of the molecule is CCCC1C(F)CC(OC(=O)C2CCC(OCC)CC2)CC1F. The van der Waals surface area contributed by atoms with E-state index in [1.165, 1.54) is 0 Å². The highest BCUT2D eigenvalue weighted by atomic mass is 19.1. The number of esters is 1. The van der Waals surface area contributed by atoms with Crippen LogP contribution in [0.5, 0.6) is 0 Å². The molecule has 2 fully saturated rings. The summed E-state index contributed by atoms with van der Waals surface area (Å²) in [5, 5.41) is 0. The van der Waals surface area contributed by atoms with E-state index < -0.39 is 24.4 Å². The molecule has 2 rings (SSSR count). The van der Waals surface area contributed by atoms with E-state index in [1.54, 1.807) is 0 Å². The van der Waals surface area contributed by atoms with Crippen LogP contribution in [0.4, 0.5) is 8.78 Å². The maximum Gasteiger partial charge on any atom is 0.309 e. The minimum absolute atomic E-state index is 0.142. The molecular formula is C18H30F2O3. The predicted molar refractivity (Wildman–Crippen MR) is 84.7 cm³/mol. The van der Waals surface area contributed by atoms with Crippen LogP contribution in [0.2, 0.25) is 0 Å². The standard InChI is InChI=1S/C18H30F2O3/c1-3-5-15-16(19)10-14(11-17(15)20)23-18(21)12-6-8-13(9-7-12)22-4-2/h12-17H,3-11H2,1-2H3. The Bertz CT molecular complexity index is 357. The topological polar surface area (TPSA) is 35.5 Å². The quantitative estimate of drug-likeness (QED) is 0.677. The van der Waals surface area contributed by atoms with Crippen molar-refractivity contribution in [2.24, 2.45) is 11.8 Å². The lowest BCUT2D eigenvalue weighted by Gasteiger charge is -2.35. The van der Waals surface area contributed by atoms with Crippen molar-refractivity contribution in [2.75, 3.05) is 6.61 Å². The molecule has 0 spiro atoms. The number of hydrogen-bond donors (Lipinski definition) is 0. The monoisotopic (exact) mass is 332 g/mol. The molecule has 0 radical (unpaired) electrons. The van der Waals surface area contributed by atoms with Crippen LogP contribution in [-0.4, -0.2) is 37.1 Å². The molecule has 0 aromatic heterocycles. The van der Waals surface area contributed by atoms with Gasteiger partial charge in [-0.1, -0.05) is 13.3 Å². The Morgan fingerprint density at radius 2 is 1.61 bits per heavy atom. The van der Waals surface area contributed by atoms with Gasteiger partial charge in [0.25, 0.3) is 0 Å². The highest BCUT2D eigenvalue weighted by Gasteiger charge is 2.40. The van der Waals surface area contributed by atoms with E-state index in [2.05, 4.69) is 0 Å². The van der Waals surface area contributed by atoms with Gasteiger partial charge in [0.1, 0.15) is 18.4 Å². The fourth-order valence-electron chi connectivity index (χ4n) is 3.93. The Balaban J connectivity index is 1.78. The molecule has 5 heteroatoms. The maximum atomic E-state index is 14.1. The van der Waals surface area contributed by atoms with Crippen molar-refractivity contribution in [1.29, 1.82) is 0 Å². The van der Waals surface area contributed by atoms with E-state index in [1.807, 2.05) is 13.8 Å². The van der Waals surface area contributed by atoms with Crippen LogP contribution in [-0.2, 0) is 14.3 Å². The van der Waals surface area contributed by atoms with Gasteiger partial charge in [0, 0.05) is 25.4 Å². The van der Waals surface area contributed by atoms with Crippen molar-refractivity contribution in [3.05, 3.63) is 0 Å². The van der Waals surface area contributed by atoms with Gasteiger partial charge in [0.2, 0.25) is 0 Å². The van der Waals surface area contributed by atoms with E-state index in [4.69, 9.17) is 9.47 Å². The van der Waals surface area contributed by atoms with Crippen molar-refractivity contribution in [3.63, 3.8) is 0 Å². The molecule has 134 valence electrons. The molecular weight excluding hydrogens is 302 g/mol. The lowest BCUT2D eigenvalue weighted by molar-refractivity contribution is -0.161. The number of alkyl halides is 2. The van der Waals surface area contributed by atoms with Gasteiger partial charge >= 0.3 is 5.97 Å². The third-order valence-electron chi connectivity index (χ3n) is 5.22. The van der Waals surface area contributed by atoms with Gasteiger partial charge in [0.15, 0.2) is 0 Å². The first-order valence-electron chi connectivity index (χ1n) is 9.15. The van der Waals surface area contributed by atoms with Crippen molar-refractivity contribution in [3.8, 4) is 0 Å². The summed E-state index contributed by atoms with van der Waals surface area (Å²) in [6, 6.07) is 0. The molecule has 0 aromatic carbocycles. The third kappa shape index (κ3) is 5.13. The summed E-state index contributed by atoms with van der Waals surface area (Å²) >= 11 is 0. The smallest absolute Gasteiger partial charge is 0.309 e. The minimum Gasteiger partial charge on any atom is -0.462 e. The summed E-state index contributed by atoms with van der Waals surface area (Å²) in [5.74, 6) is -0.953. The largest absolute Gasteiger partial charge is 0.462 e. The predicted octanol–water partition coefficient (Wildman–Crippen LogP) is 4.38. The number of hydrogen-bond acceptors (Lipinski definition) is 3. The third-order valence-corrected chi connectivity index (χ3v) is 5.22. The van der Waals surface area contributed by atoms with Crippen molar-refractivity contribution >= 4 is 5.97 Å². The van der Waals surface area contributed by atoms with Gasteiger partial charge in [-0.3, -0.25) is 4.79 Å². The van der Waals surface area contributed by atoms with Crippen LogP contribution in [0.25, 0.3) is 0 Å². The van der Waals surface area contributed by atoms with Crippen LogP contribution >= 0.6 is 0 Å². The van der Waals surface area contributed by atoms with Crippen molar-refractivity contribution < 1.29 is 23.0 Å². The molecule has 2 aliphatic rings. The van der Waals surface area contributed by atoms with E-state index in [0.717, 1.165) is 32.1 Å². The fraction of sp³-hybridized carbons (Fsp3) is 0.944. The zero-order chi connectivity index (χ0) is 16.8. The molecule has 23 heavy (non-hydrogen) atoms. The zero-order valence-electron chi connectivity index (χ0n) is 14.3. The van der Waals surface area contributed by atoms with Gasteiger partial charge in [-0.2, -0.15) is 0 Å². The maximum absolute atomic E-state index is 14.1.